The molecule has 0 radical (unpaired) electrons. The van der Waals surface area contributed by atoms with Gasteiger partial charge in [0.1, 0.15) is 18.1 Å². The van der Waals surface area contributed by atoms with Crippen molar-refractivity contribution in [3.05, 3.63) is 131 Å². The number of methoxy groups -OCH3 is 5. The van der Waals surface area contributed by atoms with Crippen LogP contribution in [0.5, 0.6) is 11.5 Å². The van der Waals surface area contributed by atoms with Crippen molar-refractivity contribution in [2.75, 3.05) is 140 Å². The van der Waals surface area contributed by atoms with E-state index >= 15 is 0 Å². The molecule has 3 amide bonds. The zero-order valence-corrected chi connectivity index (χ0v) is 54.8. The summed E-state index contributed by atoms with van der Waals surface area (Å²) in [4.78, 5) is 45.5. The first-order valence-electron chi connectivity index (χ1n) is 27.6. The number of carbonyl (C=O) groups excluding carboxylic acids is 4. The highest BCUT2D eigenvalue weighted by Gasteiger charge is 2.40. The van der Waals surface area contributed by atoms with Crippen LogP contribution in [0.1, 0.15) is 65.9 Å². The van der Waals surface area contributed by atoms with Crippen molar-refractivity contribution in [3.8, 4) is 17.6 Å². The molecule has 3 aliphatic rings. The molecule has 89 heavy (non-hydrogen) atoms. The highest BCUT2D eigenvalue weighted by Crippen LogP contribution is 2.36. The van der Waals surface area contributed by atoms with Gasteiger partial charge in [-0.25, -0.2) is 9.59 Å². The summed E-state index contributed by atoms with van der Waals surface area (Å²) < 4.78 is 105. The van der Waals surface area contributed by atoms with Crippen molar-refractivity contribution in [1.29, 1.82) is 5.26 Å². The molecule has 4 aromatic carbocycles. The summed E-state index contributed by atoms with van der Waals surface area (Å²) >= 11 is 4.94. The highest BCUT2D eigenvalue weighted by atomic mass is 35.7. The minimum atomic E-state index is -4.00. The number of nitrogens with one attached hydrogen (secondary N) is 5. The molecule has 3 heterocycles. The van der Waals surface area contributed by atoms with E-state index in [1.165, 1.54) is 38.1 Å². The third-order valence-electron chi connectivity index (χ3n) is 13.0. The van der Waals surface area contributed by atoms with Crippen molar-refractivity contribution < 1.29 is 79.4 Å². The number of carbonyl (C=O) groups is 3. The lowest BCUT2D eigenvalue weighted by atomic mass is 9.73. The van der Waals surface area contributed by atoms with Crippen molar-refractivity contribution in [3.63, 3.8) is 0 Å². The molecule has 32 heteroatoms. The molecule has 0 aliphatic carbocycles. The van der Waals surface area contributed by atoms with Gasteiger partial charge in [-0.15, -0.1) is 11.6 Å². The van der Waals surface area contributed by atoms with Crippen molar-refractivity contribution in [1.82, 2.24) is 34.0 Å². The Kier molecular flexibility index (Phi) is 40.7. The van der Waals surface area contributed by atoms with Crippen LogP contribution in [-0.2, 0) is 64.2 Å². The number of hydrogen-bond acceptors (Lipinski definition) is 20. The van der Waals surface area contributed by atoms with Gasteiger partial charge >= 0.3 is 25.5 Å². The van der Waals surface area contributed by atoms with Crippen LogP contribution in [0.3, 0.4) is 0 Å². The van der Waals surface area contributed by atoms with E-state index in [1.807, 2.05) is 60.7 Å². The minimum absolute atomic E-state index is 0. The Balaban J connectivity index is 0.00000119. The van der Waals surface area contributed by atoms with Gasteiger partial charge in [0.2, 0.25) is 0 Å². The van der Waals surface area contributed by atoms with E-state index in [1.54, 1.807) is 44.6 Å². The second kappa shape index (κ2) is 45.0. The zero-order chi connectivity index (χ0) is 66.6. The van der Waals surface area contributed by atoms with Gasteiger partial charge in [0, 0.05) is 103 Å². The number of nitrogens with zero attached hydrogens (tertiary/aromatic N) is 4. The van der Waals surface area contributed by atoms with Crippen LogP contribution < -0.4 is 40.6 Å². The van der Waals surface area contributed by atoms with E-state index in [9.17, 15) is 39.6 Å². The van der Waals surface area contributed by atoms with Gasteiger partial charge in [-0.3, -0.25) is 9.59 Å². The van der Waals surface area contributed by atoms with E-state index in [0.29, 0.717) is 91.6 Å². The number of aliphatic hydroxyl groups is 1. The Bertz CT molecular complexity index is 3110. The number of para-hydroxylation sites is 2. The number of alkyl halides is 1. The fourth-order valence-electron chi connectivity index (χ4n) is 8.61. The molecule has 0 saturated carbocycles. The largest absolute Gasteiger partial charge is 0.496 e. The van der Waals surface area contributed by atoms with E-state index in [2.05, 4.69) is 79.0 Å². The number of rotatable bonds is 24. The Morgan fingerprint density at radius 3 is 1.45 bits per heavy atom. The van der Waals surface area contributed by atoms with Gasteiger partial charge in [0.25, 0.3) is 28.1 Å². The van der Waals surface area contributed by atoms with Gasteiger partial charge < -0.3 is 55.2 Å². The molecular weight excluding hydrogens is 1260 g/mol. The quantitative estimate of drug-likeness (QED) is 0.0171. The summed E-state index contributed by atoms with van der Waals surface area (Å²) in [6, 6.07) is 36.6. The third kappa shape index (κ3) is 30.3. The predicted molar refractivity (Wildman–Crippen MR) is 340 cm³/mol. The molecule has 498 valence electrons. The van der Waals surface area contributed by atoms with Gasteiger partial charge in [0.05, 0.1) is 64.4 Å². The van der Waals surface area contributed by atoms with Crippen molar-refractivity contribution >= 4 is 75.9 Å². The van der Waals surface area contributed by atoms with Crippen LogP contribution in [0.15, 0.2) is 114 Å². The van der Waals surface area contributed by atoms with Crippen LogP contribution in [0, 0.1) is 11.3 Å². The lowest BCUT2D eigenvalue weighted by molar-refractivity contribution is 0.0924. The number of nitriles is 1. The van der Waals surface area contributed by atoms with Crippen LogP contribution in [0.2, 0.25) is 0 Å². The van der Waals surface area contributed by atoms with Gasteiger partial charge in [-0.05, 0) is 74.2 Å². The Morgan fingerprint density at radius 2 is 1.11 bits per heavy atom. The fourth-order valence-corrected chi connectivity index (χ4v) is 11.0. The second-order valence-corrected chi connectivity index (χ2v) is 24.7. The van der Waals surface area contributed by atoms with E-state index in [-0.39, 0.29) is 63.5 Å². The predicted octanol–water partition coefficient (Wildman–Crippen LogP) is 4.00. The lowest BCUT2D eigenvalue weighted by Crippen LogP contribution is -2.52. The number of halogens is 2. The molecule has 0 bridgehead atoms. The van der Waals surface area contributed by atoms with Crippen LogP contribution in [0.4, 0.5) is 4.79 Å². The maximum atomic E-state index is 12.9. The summed E-state index contributed by atoms with van der Waals surface area (Å²) in [5.74, 6) is 1.17. The first kappa shape index (κ1) is 80.6. The topological polar surface area (TPSA) is 375 Å². The minimum Gasteiger partial charge on any atom is -0.496 e. The molecule has 0 spiro atoms. The molecule has 27 nitrogen and oxygen atoms in total. The molecule has 4 aromatic rings. The molecule has 7 rings (SSSR count). The van der Waals surface area contributed by atoms with E-state index in [4.69, 9.17) is 46.7 Å². The summed E-state index contributed by atoms with van der Waals surface area (Å²) in [5.41, 5.74) is 8.08. The Morgan fingerprint density at radius 1 is 0.708 bits per heavy atom. The smallest absolute Gasteiger partial charge is 0.424 e. The number of aliphatic hydroxyl groups excluding tert-OH is 1. The van der Waals surface area contributed by atoms with Crippen LogP contribution in [0.25, 0.3) is 0 Å². The van der Waals surface area contributed by atoms with Crippen molar-refractivity contribution in [2.45, 2.75) is 43.4 Å². The highest BCUT2D eigenvalue weighted by molar-refractivity contribution is 8.12. The van der Waals surface area contributed by atoms with Crippen molar-refractivity contribution in [2.24, 2.45) is 10.1 Å². The maximum absolute atomic E-state index is 12.9. The monoisotopic (exact) mass is 1350 g/mol. The third-order valence-corrected chi connectivity index (χ3v) is 16.7. The number of cyclic esters (lactones) is 1. The molecule has 0 atom stereocenters. The van der Waals surface area contributed by atoms with Gasteiger partial charge in [-0.1, -0.05) is 89.3 Å². The number of amides is 3. The number of nitrogens with two attached hydrogens (primary N) is 1. The number of isocyanates is 1. The standard InChI is InChI=1S/C23H31N3O5S.C20H24N2O2.C6H12N2O5S.C3H9NO.C2H5ClO.C2H3N.CClNO3S.H2/c1-30-17-14-25-32(28,29)26-15-12-23(13-16-26,19-8-4-3-5-9-19)18-24-22(27)20-10-6-7-11-21(20)31-2;1-24-18-10-6-5-9-17(18)19(23)22-15-20(11-13-21-14-12-20)16-7-3-2-4-8-16;1-12-4-2-7-14(10,11)8-3-5-13-6(8)9;1-5-3-2-4;3-1-2-4;1-2-3;2-7(5,6)3-1-4;/h3-11,25H,12-18H2,1-2H3,(H,24,27);2-10,21H,11-15H2,1H3,(H,22,23);7H,2-5H2,1H3;2-4H2,1H3;4H,1-2H2;1H3;;1H/i;;;;;;;1+1. The Hall–Kier alpha value is -6.37. The SMILES string of the molecule is CC#N.COCCN.COCCNS(=O)(=O)N1CCC(CNC(=O)c2ccccc2OC)(c2ccccc2)CC1.COCCNS(=O)(=O)N1CCOC1=O.COc1ccccc1C(=O)NCC1(c2ccccc2)CCNCC1.O=C=NS(=O)(=O)Cl.OCCCl.[2HH]. The molecule has 3 saturated heterocycles. The zero-order valence-electron chi connectivity index (χ0n) is 50.9. The van der Waals surface area contributed by atoms with E-state index < -0.39 is 35.7 Å². The summed E-state index contributed by atoms with van der Waals surface area (Å²) in [6.45, 7) is 7.59. The summed E-state index contributed by atoms with van der Waals surface area (Å²) in [5, 5.41) is 24.7. The van der Waals surface area contributed by atoms with Crippen LogP contribution >= 0.6 is 22.3 Å². The Labute approximate surface area is 534 Å². The first-order valence-corrected chi connectivity index (χ1v) is 33.2. The fraction of sp³-hybridized carbons (Fsp3) is 0.491. The molecule has 3 fully saturated rings. The molecule has 0 aromatic heterocycles. The normalized spacial score (nSPS) is 14.7. The molecule has 0 unspecified atom stereocenters. The van der Waals surface area contributed by atoms with Gasteiger partial charge in [-0.2, -0.15) is 48.6 Å². The van der Waals surface area contributed by atoms with Gasteiger partial charge in [0.15, 0.2) is 0 Å². The summed E-state index contributed by atoms with van der Waals surface area (Å²) in [6.07, 6.45) is 3.14. The number of piperidine rings is 2. The van der Waals surface area contributed by atoms with E-state index in [0.717, 1.165) is 37.6 Å². The molecular formula is C57H86Cl2N10O17S3. The molecule has 3 aliphatic heterocycles. The lowest BCUT2D eigenvalue weighted by Gasteiger charge is -2.41. The summed E-state index contributed by atoms with van der Waals surface area (Å²) in [7, 11) is 0.794. The second-order valence-electron chi connectivity index (χ2n) is 18.7. The maximum Gasteiger partial charge on any atom is 0.424 e. The average molecular weight is 1350 g/mol. The number of benzene rings is 4. The average Bonchev–Trinajstić information content (AvgIpc) is 1.46. The number of hydrogen-bond donors (Lipinski definition) is 7. The molecule has 8 N–H and O–H groups in total. The number of ether oxygens (including phenoxy) is 6. The van der Waals surface area contributed by atoms with Crippen LogP contribution in [-0.4, -0.2) is 203 Å². The first-order chi connectivity index (χ1) is 42.5.